The lowest BCUT2D eigenvalue weighted by Crippen LogP contribution is -1.96. The Kier molecular flexibility index (Phi) is 5.55. The molecule has 0 nitrogen and oxygen atoms in total. The Labute approximate surface area is 175 Å². The SMILES string of the molecule is C=C(c1ccccc1)c1ccccc1-c1ccc(Br)cc1Cc1ccccc1. The molecule has 0 aliphatic carbocycles. The van der Waals surface area contributed by atoms with E-state index in [4.69, 9.17) is 0 Å². The molecule has 0 bridgehead atoms. The number of hydrogen-bond donors (Lipinski definition) is 0. The van der Waals surface area contributed by atoms with Gasteiger partial charge in [0.1, 0.15) is 0 Å². The smallest absolute Gasteiger partial charge is 0.0178 e. The Bertz CT molecular complexity index is 1100. The van der Waals surface area contributed by atoms with E-state index in [0.29, 0.717) is 0 Å². The maximum Gasteiger partial charge on any atom is 0.0178 e. The van der Waals surface area contributed by atoms with Crippen molar-refractivity contribution >= 4 is 21.5 Å². The van der Waals surface area contributed by atoms with Crippen LogP contribution in [0.15, 0.2) is 114 Å². The highest BCUT2D eigenvalue weighted by molar-refractivity contribution is 9.10. The number of rotatable bonds is 5. The molecule has 0 spiro atoms. The molecule has 0 unspecified atom stereocenters. The van der Waals surface area contributed by atoms with E-state index >= 15 is 0 Å². The van der Waals surface area contributed by atoms with Gasteiger partial charge in [0.2, 0.25) is 0 Å². The van der Waals surface area contributed by atoms with E-state index < -0.39 is 0 Å². The van der Waals surface area contributed by atoms with Gasteiger partial charge in [0, 0.05) is 4.47 Å². The highest BCUT2D eigenvalue weighted by Gasteiger charge is 2.13. The molecule has 136 valence electrons. The molecule has 0 aliphatic rings. The zero-order valence-corrected chi connectivity index (χ0v) is 17.2. The van der Waals surface area contributed by atoms with Crippen molar-refractivity contribution in [2.75, 3.05) is 0 Å². The lowest BCUT2D eigenvalue weighted by atomic mass is 9.88. The summed E-state index contributed by atoms with van der Waals surface area (Å²) in [7, 11) is 0. The van der Waals surface area contributed by atoms with Crippen molar-refractivity contribution in [1.29, 1.82) is 0 Å². The second kappa shape index (κ2) is 8.41. The van der Waals surface area contributed by atoms with E-state index in [1.54, 1.807) is 0 Å². The summed E-state index contributed by atoms with van der Waals surface area (Å²) < 4.78 is 1.10. The monoisotopic (exact) mass is 424 g/mol. The van der Waals surface area contributed by atoms with Crippen LogP contribution in [0.3, 0.4) is 0 Å². The van der Waals surface area contributed by atoms with E-state index in [0.717, 1.165) is 22.0 Å². The number of halogens is 1. The molecule has 1 heteroatoms. The summed E-state index contributed by atoms with van der Waals surface area (Å²) in [6, 6.07) is 36.1. The molecule has 28 heavy (non-hydrogen) atoms. The van der Waals surface area contributed by atoms with Gasteiger partial charge in [-0.1, -0.05) is 114 Å². The molecular weight excluding hydrogens is 404 g/mol. The fourth-order valence-electron chi connectivity index (χ4n) is 3.56. The molecule has 0 aliphatic heterocycles. The van der Waals surface area contributed by atoms with Crippen LogP contribution in [0.5, 0.6) is 0 Å². The summed E-state index contributed by atoms with van der Waals surface area (Å²) in [5.74, 6) is 0. The minimum atomic E-state index is 0.891. The fraction of sp³-hybridized carbons (Fsp3) is 0.0370. The molecule has 0 fully saturated rings. The Morgan fingerprint density at radius 1 is 0.679 bits per heavy atom. The van der Waals surface area contributed by atoms with Gasteiger partial charge in [0.25, 0.3) is 0 Å². The van der Waals surface area contributed by atoms with Crippen LogP contribution in [0.25, 0.3) is 16.7 Å². The van der Waals surface area contributed by atoms with Gasteiger partial charge in [0.15, 0.2) is 0 Å². The van der Waals surface area contributed by atoms with E-state index in [9.17, 15) is 0 Å². The van der Waals surface area contributed by atoms with Crippen molar-refractivity contribution in [3.05, 3.63) is 136 Å². The van der Waals surface area contributed by atoms with Crippen LogP contribution < -0.4 is 0 Å². The first kappa shape index (κ1) is 18.5. The average molecular weight is 425 g/mol. The Hall–Kier alpha value is -2.90. The molecule has 4 aromatic rings. The quantitative estimate of drug-likeness (QED) is 0.306. The fourth-order valence-corrected chi connectivity index (χ4v) is 3.97. The van der Waals surface area contributed by atoms with E-state index in [2.05, 4.69) is 120 Å². The maximum atomic E-state index is 4.40. The minimum absolute atomic E-state index is 0.891. The summed E-state index contributed by atoms with van der Waals surface area (Å²) >= 11 is 3.65. The molecule has 4 aromatic carbocycles. The largest absolute Gasteiger partial charge is 0.0905 e. The number of benzene rings is 4. The average Bonchev–Trinajstić information content (AvgIpc) is 2.75. The van der Waals surface area contributed by atoms with Gasteiger partial charge in [-0.15, -0.1) is 0 Å². The van der Waals surface area contributed by atoms with Gasteiger partial charge in [-0.05, 0) is 57.5 Å². The summed E-state index contributed by atoms with van der Waals surface area (Å²) in [5.41, 5.74) is 8.44. The second-order valence-corrected chi connectivity index (χ2v) is 7.77. The molecule has 0 aromatic heterocycles. The zero-order chi connectivity index (χ0) is 19.3. The predicted molar refractivity (Wildman–Crippen MR) is 123 cm³/mol. The molecule has 0 atom stereocenters. The van der Waals surface area contributed by atoms with Crippen LogP contribution in [0.2, 0.25) is 0 Å². The standard InChI is InChI=1S/C27H21Br/c1-20(22-12-6-3-7-13-22)25-14-8-9-15-27(25)26-17-16-24(28)19-23(26)18-21-10-4-2-5-11-21/h2-17,19H,1,18H2. The molecule has 0 N–H and O–H groups in total. The van der Waals surface area contributed by atoms with Crippen molar-refractivity contribution < 1.29 is 0 Å². The van der Waals surface area contributed by atoms with Gasteiger partial charge >= 0.3 is 0 Å². The Morgan fingerprint density at radius 3 is 2.07 bits per heavy atom. The van der Waals surface area contributed by atoms with Crippen LogP contribution in [-0.2, 0) is 6.42 Å². The Balaban J connectivity index is 1.81. The first-order chi connectivity index (χ1) is 13.7. The third kappa shape index (κ3) is 4.00. The highest BCUT2D eigenvalue weighted by Crippen LogP contribution is 2.35. The molecule has 4 rings (SSSR count). The lowest BCUT2D eigenvalue weighted by molar-refractivity contribution is 1.19. The first-order valence-electron chi connectivity index (χ1n) is 9.39. The van der Waals surface area contributed by atoms with Crippen molar-refractivity contribution in [3.63, 3.8) is 0 Å². The van der Waals surface area contributed by atoms with Crippen LogP contribution in [-0.4, -0.2) is 0 Å². The zero-order valence-electron chi connectivity index (χ0n) is 15.6. The van der Waals surface area contributed by atoms with Crippen LogP contribution in [0.1, 0.15) is 22.3 Å². The topological polar surface area (TPSA) is 0 Å². The molecule has 0 radical (unpaired) electrons. The third-order valence-electron chi connectivity index (χ3n) is 4.97. The normalized spacial score (nSPS) is 10.6. The van der Waals surface area contributed by atoms with Gasteiger partial charge < -0.3 is 0 Å². The number of hydrogen-bond acceptors (Lipinski definition) is 0. The summed E-state index contributed by atoms with van der Waals surface area (Å²) in [5, 5.41) is 0. The Morgan fingerprint density at radius 2 is 1.32 bits per heavy atom. The van der Waals surface area contributed by atoms with Gasteiger partial charge in [-0.3, -0.25) is 0 Å². The van der Waals surface area contributed by atoms with Crippen molar-refractivity contribution in [2.24, 2.45) is 0 Å². The summed E-state index contributed by atoms with van der Waals surface area (Å²) in [4.78, 5) is 0. The van der Waals surface area contributed by atoms with E-state index in [-0.39, 0.29) is 0 Å². The van der Waals surface area contributed by atoms with Crippen LogP contribution >= 0.6 is 15.9 Å². The highest BCUT2D eigenvalue weighted by atomic mass is 79.9. The summed E-state index contributed by atoms with van der Waals surface area (Å²) in [6.07, 6.45) is 0.891. The molecule has 0 saturated heterocycles. The van der Waals surface area contributed by atoms with Crippen LogP contribution in [0.4, 0.5) is 0 Å². The molecule has 0 saturated carbocycles. The van der Waals surface area contributed by atoms with Crippen molar-refractivity contribution in [2.45, 2.75) is 6.42 Å². The molecule has 0 heterocycles. The second-order valence-electron chi connectivity index (χ2n) is 6.85. The van der Waals surface area contributed by atoms with Gasteiger partial charge in [-0.2, -0.15) is 0 Å². The summed E-state index contributed by atoms with van der Waals surface area (Å²) in [6.45, 7) is 4.40. The van der Waals surface area contributed by atoms with Crippen LogP contribution in [0, 0.1) is 0 Å². The predicted octanol–water partition coefficient (Wildman–Crippen LogP) is 7.77. The lowest BCUT2D eigenvalue weighted by Gasteiger charge is -2.16. The van der Waals surface area contributed by atoms with E-state index in [1.807, 2.05) is 6.07 Å². The van der Waals surface area contributed by atoms with Gasteiger partial charge in [-0.25, -0.2) is 0 Å². The van der Waals surface area contributed by atoms with Gasteiger partial charge in [0.05, 0.1) is 0 Å². The third-order valence-corrected chi connectivity index (χ3v) is 5.46. The molecular formula is C27H21Br. The maximum absolute atomic E-state index is 4.40. The van der Waals surface area contributed by atoms with Crippen molar-refractivity contribution in [1.82, 2.24) is 0 Å². The molecule has 0 amide bonds. The van der Waals surface area contributed by atoms with Crippen molar-refractivity contribution in [3.8, 4) is 11.1 Å². The first-order valence-corrected chi connectivity index (χ1v) is 10.2. The van der Waals surface area contributed by atoms with E-state index in [1.165, 1.54) is 27.8 Å². The minimum Gasteiger partial charge on any atom is -0.0905 e.